The van der Waals surface area contributed by atoms with Crippen molar-refractivity contribution in [3.05, 3.63) is 90.0 Å². The number of hydrogen-bond donors (Lipinski definition) is 2. The van der Waals surface area contributed by atoms with E-state index < -0.39 is 10.0 Å². The van der Waals surface area contributed by atoms with Crippen LogP contribution in [0.15, 0.2) is 83.8 Å². The van der Waals surface area contributed by atoms with E-state index in [1.54, 1.807) is 42.1 Å². The third-order valence-corrected chi connectivity index (χ3v) is 7.03. The molecule has 3 rings (SSSR count). The van der Waals surface area contributed by atoms with Crippen molar-refractivity contribution in [3.8, 4) is 0 Å². The number of anilines is 2. The highest BCUT2D eigenvalue weighted by Crippen LogP contribution is 2.21. The molecule has 3 aromatic rings. The topological polar surface area (TPSA) is 75.3 Å². The zero-order valence-electron chi connectivity index (χ0n) is 16.8. The van der Waals surface area contributed by atoms with Crippen LogP contribution in [0.1, 0.15) is 18.1 Å². The number of thioether (sulfide) groups is 1. The summed E-state index contributed by atoms with van der Waals surface area (Å²) in [7, 11) is -3.70. The molecule has 2 N–H and O–H groups in total. The lowest BCUT2D eigenvalue weighted by Crippen LogP contribution is -2.22. The highest BCUT2D eigenvalue weighted by Gasteiger charge is 2.16. The van der Waals surface area contributed by atoms with E-state index in [-0.39, 0.29) is 16.1 Å². The quantitative estimate of drug-likeness (QED) is 0.514. The largest absolute Gasteiger partial charge is 0.325 e. The Hall–Kier alpha value is -2.77. The number of hydrogen-bond acceptors (Lipinski definition) is 4. The Morgan fingerprint density at radius 2 is 1.63 bits per heavy atom. The molecule has 5 nitrogen and oxygen atoms in total. The first-order valence-corrected chi connectivity index (χ1v) is 12.0. The number of nitrogens with one attached hydrogen (secondary N) is 2. The average molecular weight is 441 g/mol. The van der Waals surface area contributed by atoms with Crippen LogP contribution in [0.5, 0.6) is 0 Å². The molecule has 0 aromatic heterocycles. The number of rotatable bonds is 8. The molecular formula is C23H24N2O3S2. The fourth-order valence-corrected chi connectivity index (χ4v) is 4.65. The normalized spacial score (nSPS) is 12.2. The van der Waals surface area contributed by atoms with Crippen molar-refractivity contribution in [2.24, 2.45) is 0 Å². The van der Waals surface area contributed by atoms with Gasteiger partial charge in [-0.3, -0.25) is 9.52 Å². The minimum absolute atomic E-state index is 0.121. The highest BCUT2D eigenvalue weighted by molar-refractivity contribution is 7.99. The summed E-state index contributed by atoms with van der Waals surface area (Å²) in [6, 6.07) is 23.3. The third kappa shape index (κ3) is 6.11. The van der Waals surface area contributed by atoms with Crippen molar-refractivity contribution in [2.75, 3.05) is 10.0 Å². The highest BCUT2D eigenvalue weighted by atomic mass is 32.2. The van der Waals surface area contributed by atoms with Gasteiger partial charge in [0.25, 0.3) is 10.0 Å². The fourth-order valence-electron chi connectivity index (χ4n) is 2.76. The Morgan fingerprint density at radius 3 is 2.30 bits per heavy atom. The summed E-state index contributed by atoms with van der Waals surface area (Å²) in [5.74, 6) is 0.626. The number of amides is 1. The van der Waals surface area contributed by atoms with Crippen molar-refractivity contribution in [2.45, 2.75) is 29.7 Å². The van der Waals surface area contributed by atoms with Gasteiger partial charge in [-0.1, -0.05) is 42.5 Å². The second-order valence-corrected chi connectivity index (χ2v) is 9.94. The van der Waals surface area contributed by atoms with E-state index >= 15 is 0 Å². The Balaban J connectivity index is 1.58. The van der Waals surface area contributed by atoms with Crippen LogP contribution in [-0.4, -0.2) is 19.6 Å². The van der Waals surface area contributed by atoms with Gasteiger partial charge in [0.1, 0.15) is 0 Å². The zero-order valence-corrected chi connectivity index (χ0v) is 18.5. The first-order valence-electron chi connectivity index (χ1n) is 9.49. The van der Waals surface area contributed by atoms with Gasteiger partial charge in [-0.25, -0.2) is 8.42 Å². The summed E-state index contributed by atoms with van der Waals surface area (Å²) in [6.07, 6.45) is 0. The molecule has 1 amide bonds. The molecule has 0 bridgehead atoms. The van der Waals surface area contributed by atoms with E-state index in [4.69, 9.17) is 0 Å². The molecule has 0 unspecified atom stereocenters. The van der Waals surface area contributed by atoms with Gasteiger partial charge < -0.3 is 5.32 Å². The molecule has 0 heterocycles. The molecule has 0 saturated carbocycles. The number of aryl methyl sites for hydroxylation is 1. The van der Waals surface area contributed by atoms with Gasteiger partial charge >= 0.3 is 0 Å². The lowest BCUT2D eigenvalue weighted by atomic mass is 10.2. The van der Waals surface area contributed by atoms with Gasteiger partial charge in [-0.05, 0) is 61.4 Å². The van der Waals surface area contributed by atoms with Gasteiger partial charge in [0, 0.05) is 17.1 Å². The van der Waals surface area contributed by atoms with Crippen LogP contribution in [0.25, 0.3) is 0 Å². The van der Waals surface area contributed by atoms with Gasteiger partial charge in [0.15, 0.2) is 0 Å². The zero-order chi connectivity index (χ0) is 21.6. The van der Waals surface area contributed by atoms with E-state index in [1.165, 1.54) is 12.1 Å². The molecule has 0 aliphatic heterocycles. The van der Waals surface area contributed by atoms with Crippen LogP contribution in [-0.2, 0) is 20.6 Å². The smallest absolute Gasteiger partial charge is 0.261 e. The number of carbonyl (C=O) groups is 1. The minimum atomic E-state index is -3.70. The predicted molar refractivity (Wildman–Crippen MR) is 124 cm³/mol. The standard InChI is InChI=1S/C23H24N2O3S2/c1-17-7-6-10-21(15-17)25-30(27,28)22-13-11-20(12-14-22)24-23(26)18(2)29-16-19-8-4-3-5-9-19/h3-15,18,25H,16H2,1-2H3,(H,24,26)/t18-/m1/s1. The maximum absolute atomic E-state index is 12.6. The molecule has 0 aliphatic rings. The van der Waals surface area contributed by atoms with Crippen LogP contribution < -0.4 is 10.0 Å². The summed E-state index contributed by atoms with van der Waals surface area (Å²) in [4.78, 5) is 12.6. The third-order valence-electron chi connectivity index (χ3n) is 4.41. The molecule has 0 saturated heterocycles. The van der Waals surface area contributed by atoms with Gasteiger partial charge in [0.05, 0.1) is 10.1 Å². The van der Waals surface area contributed by atoms with Crippen LogP contribution in [0.4, 0.5) is 11.4 Å². The van der Waals surface area contributed by atoms with Crippen molar-refractivity contribution in [1.82, 2.24) is 0 Å². The Labute approximate surface area is 182 Å². The van der Waals surface area contributed by atoms with Crippen LogP contribution >= 0.6 is 11.8 Å². The lowest BCUT2D eigenvalue weighted by molar-refractivity contribution is -0.115. The fraction of sp³-hybridized carbons (Fsp3) is 0.174. The lowest BCUT2D eigenvalue weighted by Gasteiger charge is -2.13. The first-order chi connectivity index (χ1) is 14.3. The van der Waals surface area contributed by atoms with Gasteiger partial charge in [0.2, 0.25) is 5.91 Å². The summed E-state index contributed by atoms with van der Waals surface area (Å²) < 4.78 is 27.7. The number of carbonyl (C=O) groups excluding carboxylic acids is 1. The molecule has 0 radical (unpaired) electrons. The van der Waals surface area contributed by atoms with Gasteiger partial charge in [-0.2, -0.15) is 0 Å². The maximum Gasteiger partial charge on any atom is 0.261 e. The van der Waals surface area contributed by atoms with E-state index in [9.17, 15) is 13.2 Å². The van der Waals surface area contributed by atoms with E-state index in [0.29, 0.717) is 11.4 Å². The minimum Gasteiger partial charge on any atom is -0.325 e. The van der Waals surface area contributed by atoms with Crippen molar-refractivity contribution in [3.63, 3.8) is 0 Å². The predicted octanol–water partition coefficient (Wildman–Crippen LogP) is 5.06. The second-order valence-electron chi connectivity index (χ2n) is 6.93. The summed E-state index contributed by atoms with van der Waals surface area (Å²) in [5.41, 5.74) is 3.20. The van der Waals surface area contributed by atoms with E-state index in [0.717, 1.165) is 16.9 Å². The molecule has 0 aliphatic carbocycles. The van der Waals surface area contributed by atoms with Crippen LogP contribution in [0, 0.1) is 6.92 Å². The Bertz CT molecular complexity index is 1100. The monoisotopic (exact) mass is 440 g/mol. The molecular weight excluding hydrogens is 416 g/mol. The molecule has 0 fully saturated rings. The molecule has 1 atom stereocenters. The van der Waals surface area contributed by atoms with Crippen molar-refractivity contribution in [1.29, 1.82) is 0 Å². The Kier molecular flexibility index (Phi) is 7.18. The summed E-state index contributed by atoms with van der Waals surface area (Å²) in [6.45, 7) is 3.75. The number of benzene rings is 3. The van der Waals surface area contributed by atoms with Crippen molar-refractivity contribution >= 4 is 39.1 Å². The van der Waals surface area contributed by atoms with E-state index in [2.05, 4.69) is 10.0 Å². The molecule has 3 aromatic carbocycles. The second kappa shape index (κ2) is 9.82. The summed E-state index contributed by atoms with van der Waals surface area (Å²) in [5, 5.41) is 2.60. The van der Waals surface area contributed by atoms with Crippen LogP contribution in [0.2, 0.25) is 0 Å². The van der Waals surface area contributed by atoms with E-state index in [1.807, 2.05) is 50.2 Å². The summed E-state index contributed by atoms with van der Waals surface area (Å²) >= 11 is 1.55. The first kappa shape index (κ1) is 21.9. The molecule has 30 heavy (non-hydrogen) atoms. The van der Waals surface area contributed by atoms with Crippen molar-refractivity contribution < 1.29 is 13.2 Å². The maximum atomic E-state index is 12.6. The molecule has 7 heteroatoms. The van der Waals surface area contributed by atoms with Crippen LogP contribution in [0.3, 0.4) is 0 Å². The SMILES string of the molecule is Cc1cccc(NS(=O)(=O)c2ccc(NC(=O)[C@@H](C)SCc3ccccc3)cc2)c1. The average Bonchev–Trinajstić information content (AvgIpc) is 2.73. The molecule has 0 spiro atoms. The molecule has 156 valence electrons. The number of sulfonamides is 1. The Morgan fingerprint density at radius 1 is 0.933 bits per heavy atom. The van der Waals surface area contributed by atoms with Gasteiger partial charge in [-0.15, -0.1) is 11.8 Å².